The lowest BCUT2D eigenvalue weighted by Crippen LogP contribution is -1.97. The average molecular weight is 244 g/mol. The van der Waals surface area contributed by atoms with Crippen LogP contribution in [0.25, 0.3) is 11.1 Å². The first-order valence-corrected chi connectivity index (χ1v) is 6.06. The van der Waals surface area contributed by atoms with Crippen LogP contribution in [-0.4, -0.2) is 7.11 Å². The second-order valence-corrected chi connectivity index (χ2v) is 4.58. The summed E-state index contributed by atoms with van der Waals surface area (Å²) in [5.41, 5.74) is 3.27. The first-order chi connectivity index (χ1) is 8.63. The Morgan fingerprint density at radius 3 is 2.22 bits per heavy atom. The molecule has 0 N–H and O–H groups in total. The predicted octanol–water partition coefficient (Wildman–Crippen LogP) is 4.62. The summed E-state index contributed by atoms with van der Waals surface area (Å²) in [6.45, 7) is 4.26. The van der Waals surface area contributed by atoms with E-state index < -0.39 is 0 Å². The second-order valence-electron chi connectivity index (χ2n) is 4.58. The average Bonchev–Trinajstić information content (AvgIpc) is 2.38. The fraction of sp³-hybridized carbons (Fsp3) is 0.250. The van der Waals surface area contributed by atoms with Crippen LogP contribution in [0.15, 0.2) is 42.5 Å². The lowest BCUT2D eigenvalue weighted by molar-refractivity contribution is 0.408. The molecule has 2 aromatic carbocycles. The van der Waals surface area contributed by atoms with Gasteiger partial charge in [0.25, 0.3) is 0 Å². The third-order valence-electron chi connectivity index (χ3n) is 3.02. The van der Waals surface area contributed by atoms with E-state index in [4.69, 9.17) is 4.74 Å². The van der Waals surface area contributed by atoms with E-state index in [2.05, 4.69) is 13.8 Å². The highest BCUT2D eigenvalue weighted by Crippen LogP contribution is 2.35. The summed E-state index contributed by atoms with van der Waals surface area (Å²) >= 11 is 0. The molecule has 2 heteroatoms. The van der Waals surface area contributed by atoms with Gasteiger partial charge in [-0.2, -0.15) is 0 Å². The second kappa shape index (κ2) is 5.21. The zero-order chi connectivity index (χ0) is 13.1. The van der Waals surface area contributed by atoms with E-state index in [1.54, 1.807) is 19.2 Å². The van der Waals surface area contributed by atoms with Crippen LogP contribution >= 0.6 is 0 Å². The molecule has 0 spiro atoms. The van der Waals surface area contributed by atoms with Gasteiger partial charge in [-0.15, -0.1) is 0 Å². The molecule has 0 atom stereocenters. The van der Waals surface area contributed by atoms with E-state index in [1.807, 2.05) is 18.2 Å². The van der Waals surface area contributed by atoms with Crippen LogP contribution in [-0.2, 0) is 0 Å². The van der Waals surface area contributed by atoms with Gasteiger partial charge in [-0.25, -0.2) is 4.39 Å². The Kier molecular flexibility index (Phi) is 3.66. The fourth-order valence-electron chi connectivity index (χ4n) is 2.20. The van der Waals surface area contributed by atoms with Crippen LogP contribution in [0.4, 0.5) is 4.39 Å². The third kappa shape index (κ3) is 2.37. The zero-order valence-electron chi connectivity index (χ0n) is 10.9. The number of hydrogen-bond donors (Lipinski definition) is 0. The van der Waals surface area contributed by atoms with Gasteiger partial charge in [-0.3, -0.25) is 0 Å². The Balaban J connectivity index is 2.59. The van der Waals surface area contributed by atoms with Crippen molar-refractivity contribution in [1.82, 2.24) is 0 Å². The fourth-order valence-corrected chi connectivity index (χ4v) is 2.20. The Morgan fingerprint density at radius 1 is 1.00 bits per heavy atom. The molecule has 0 bridgehead atoms. The van der Waals surface area contributed by atoms with Gasteiger partial charge in [0.1, 0.15) is 11.6 Å². The summed E-state index contributed by atoms with van der Waals surface area (Å²) in [6.07, 6.45) is 0. The van der Waals surface area contributed by atoms with Crippen molar-refractivity contribution in [3.63, 3.8) is 0 Å². The highest BCUT2D eigenvalue weighted by molar-refractivity contribution is 5.70. The summed E-state index contributed by atoms with van der Waals surface area (Å²) in [7, 11) is 1.68. The van der Waals surface area contributed by atoms with Crippen molar-refractivity contribution in [1.29, 1.82) is 0 Å². The molecular formula is C16H17FO. The van der Waals surface area contributed by atoms with Crippen molar-refractivity contribution < 1.29 is 9.13 Å². The SMILES string of the molecule is COc1cccc(-c2ccc(F)cc2)c1C(C)C. The maximum Gasteiger partial charge on any atom is 0.123 e. The monoisotopic (exact) mass is 244 g/mol. The third-order valence-corrected chi connectivity index (χ3v) is 3.02. The van der Waals surface area contributed by atoms with Crippen molar-refractivity contribution in [2.45, 2.75) is 19.8 Å². The molecule has 0 heterocycles. The smallest absolute Gasteiger partial charge is 0.123 e. The number of ether oxygens (including phenoxy) is 1. The van der Waals surface area contributed by atoms with Crippen LogP contribution in [0.3, 0.4) is 0 Å². The predicted molar refractivity (Wildman–Crippen MR) is 72.5 cm³/mol. The van der Waals surface area contributed by atoms with Crippen molar-refractivity contribution in [3.05, 3.63) is 53.8 Å². The number of halogens is 1. The first-order valence-electron chi connectivity index (χ1n) is 6.06. The van der Waals surface area contributed by atoms with E-state index >= 15 is 0 Å². The van der Waals surface area contributed by atoms with Gasteiger partial charge in [-0.05, 0) is 35.2 Å². The molecule has 0 aliphatic rings. The van der Waals surface area contributed by atoms with Crippen LogP contribution in [0.5, 0.6) is 5.75 Å². The molecular weight excluding hydrogens is 227 g/mol. The van der Waals surface area contributed by atoms with E-state index in [9.17, 15) is 4.39 Å². The van der Waals surface area contributed by atoms with Crippen LogP contribution in [0.2, 0.25) is 0 Å². The van der Waals surface area contributed by atoms with Gasteiger partial charge in [-0.1, -0.05) is 38.1 Å². The molecule has 0 unspecified atom stereocenters. The first kappa shape index (κ1) is 12.6. The highest BCUT2D eigenvalue weighted by atomic mass is 19.1. The van der Waals surface area contributed by atoms with E-state index in [0.29, 0.717) is 5.92 Å². The lowest BCUT2D eigenvalue weighted by Gasteiger charge is -2.17. The minimum Gasteiger partial charge on any atom is -0.496 e. The largest absolute Gasteiger partial charge is 0.496 e. The molecule has 2 aromatic rings. The van der Waals surface area contributed by atoms with Gasteiger partial charge in [0.05, 0.1) is 7.11 Å². The van der Waals surface area contributed by atoms with Gasteiger partial charge < -0.3 is 4.74 Å². The van der Waals surface area contributed by atoms with Gasteiger partial charge in [0.15, 0.2) is 0 Å². The van der Waals surface area contributed by atoms with E-state index in [0.717, 1.165) is 22.4 Å². The number of hydrogen-bond acceptors (Lipinski definition) is 1. The molecule has 18 heavy (non-hydrogen) atoms. The Morgan fingerprint density at radius 2 is 1.67 bits per heavy atom. The van der Waals surface area contributed by atoms with Crippen molar-refractivity contribution in [2.75, 3.05) is 7.11 Å². The molecule has 2 rings (SSSR count). The van der Waals surface area contributed by atoms with Crippen LogP contribution < -0.4 is 4.74 Å². The molecule has 0 aliphatic carbocycles. The zero-order valence-corrected chi connectivity index (χ0v) is 10.9. The molecule has 94 valence electrons. The summed E-state index contributed by atoms with van der Waals surface area (Å²) in [5.74, 6) is 1.01. The van der Waals surface area contributed by atoms with Gasteiger partial charge in [0, 0.05) is 5.56 Å². The number of rotatable bonds is 3. The maximum atomic E-state index is 13.0. The quantitative estimate of drug-likeness (QED) is 0.765. The molecule has 0 radical (unpaired) electrons. The number of benzene rings is 2. The molecule has 0 saturated carbocycles. The topological polar surface area (TPSA) is 9.23 Å². The normalized spacial score (nSPS) is 10.7. The molecule has 0 saturated heterocycles. The molecule has 0 aliphatic heterocycles. The van der Waals surface area contributed by atoms with E-state index in [1.165, 1.54) is 12.1 Å². The van der Waals surface area contributed by atoms with Gasteiger partial charge >= 0.3 is 0 Å². The van der Waals surface area contributed by atoms with Gasteiger partial charge in [0.2, 0.25) is 0 Å². The standard InChI is InChI=1S/C16H17FO/c1-11(2)16-14(5-4-6-15(16)18-3)12-7-9-13(17)10-8-12/h4-11H,1-3H3. The summed E-state index contributed by atoms with van der Waals surface area (Å²) in [6, 6.07) is 12.5. The maximum absolute atomic E-state index is 13.0. The van der Waals surface area contributed by atoms with Crippen LogP contribution in [0.1, 0.15) is 25.3 Å². The van der Waals surface area contributed by atoms with Crippen molar-refractivity contribution in [3.8, 4) is 16.9 Å². The summed E-state index contributed by atoms with van der Waals surface area (Å²) < 4.78 is 18.4. The molecule has 0 amide bonds. The molecule has 0 fully saturated rings. The minimum atomic E-state index is -0.215. The Bertz CT molecular complexity index is 529. The highest BCUT2D eigenvalue weighted by Gasteiger charge is 2.13. The minimum absolute atomic E-state index is 0.215. The lowest BCUT2D eigenvalue weighted by atomic mass is 9.92. The van der Waals surface area contributed by atoms with Crippen LogP contribution in [0, 0.1) is 5.82 Å². The van der Waals surface area contributed by atoms with Crippen molar-refractivity contribution >= 4 is 0 Å². The Labute approximate surface area is 107 Å². The summed E-state index contributed by atoms with van der Waals surface area (Å²) in [5, 5.41) is 0. The summed E-state index contributed by atoms with van der Waals surface area (Å²) in [4.78, 5) is 0. The molecule has 0 aromatic heterocycles. The van der Waals surface area contributed by atoms with E-state index in [-0.39, 0.29) is 5.82 Å². The Hall–Kier alpha value is -1.83. The van der Waals surface area contributed by atoms with Crippen molar-refractivity contribution in [2.24, 2.45) is 0 Å². The molecule has 1 nitrogen and oxygen atoms in total. The number of methoxy groups -OCH3 is 1.